The Morgan fingerprint density at radius 3 is 2.42 bits per heavy atom. The minimum absolute atomic E-state index is 0.0526. The van der Waals surface area contributed by atoms with Gasteiger partial charge in [0.1, 0.15) is 0 Å². The Balaban J connectivity index is 2.63. The topological polar surface area (TPSA) is 75.0 Å². The summed E-state index contributed by atoms with van der Waals surface area (Å²) in [5.74, 6) is -1.36. The van der Waals surface area contributed by atoms with Gasteiger partial charge in [-0.25, -0.2) is 9.88 Å². The SMILES string of the molecule is C=N/C=C(\C=NC)c1ccc(N2C(=O)CCC2=O)c(C(F)(F)F)n1. The van der Waals surface area contributed by atoms with Crippen molar-refractivity contribution in [1.82, 2.24) is 4.98 Å². The minimum atomic E-state index is -4.84. The molecule has 0 atom stereocenters. The van der Waals surface area contributed by atoms with Crippen molar-refractivity contribution in [2.75, 3.05) is 11.9 Å². The highest BCUT2D eigenvalue weighted by molar-refractivity contribution is 6.20. The van der Waals surface area contributed by atoms with Crippen LogP contribution >= 0.6 is 0 Å². The van der Waals surface area contributed by atoms with Crippen molar-refractivity contribution in [3.63, 3.8) is 0 Å². The Labute approximate surface area is 135 Å². The van der Waals surface area contributed by atoms with Crippen molar-refractivity contribution in [3.8, 4) is 0 Å². The molecule has 0 bridgehead atoms. The van der Waals surface area contributed by atoms with Crippen LogP contribution in [0.3, 0.4) is 0 Å². The Kier molecular flexibility index (Phi) is 4.91. The average Bonchev–Trinajstić information content (AvgIpc) is 2.84. The molecule has 2 heterocycles. The molecular formula is C15H13F3N4O2. The zero-order valence-electron chi connectivity index (χ0n) is 12.7. The maximum Gasteiger partial charge on any atom is 0.435 e. The molecule has 0 N–H and O–H groups in total. The second-order valence-corrected chi connectivity index (χ2v) is 4.84. The van der Waals surface area contributed by atoms with Crippen LogP contribution in [-0.4, -0.2) is 36.8 Å². The van der Waals surface area contributed by atoms with Gasteiger partial charge >= 0.3 is 6.18 Å². The number of anilines is 1. The van der Waals surface area contributed by atoms with Gasteiger partial charge in [-0.3, -0.25) is 19.6 Å². The van der Waals surface area contributed by atoms with Gasteiger partial charge in [-0.15, -0.1) is 0 Å². The third-order valence-electron chi connectivity index (χ3n) is 3.23. The molecule has 2 amide bonds. The molecule has 0 aliphatic carbocycles. The fourth-order valence-corrected chi connectivity index (χ4v) is 2.25. The van der Waals surface area contributed by atoms with Crippen LogP contribution in [0.15, 0.2) is 28.3 Å². The summed E-state index contributed by atoms with van der Waals surface area (Å²) in [6.45, 7) is 3.24. The molecule has 0 unspecified atom stereocenters. The fourth-order valence-electron chi connectivity index (χ4n) is 2.25. The summed E-state index contributed by atoms with van der Waals surface area (Å²) in [6, 6.07) is 2.31. The minimum Gasteiger partial charge on any atom is -0.296 e. The molecule has 1 aliphatic heterocycles. The second kappa shape index (κ2) is 6.73. The quantitative estimate of drug-likeness (QED) is 0.625. The van der Waals surface area contributed by atoms with Gasteiger partial charge in [0.05, 0.1) is 11.4 Å². The molecule has 0 radical (unpaired) electrons. The van der Waals surface area contributed by atoms with Crippen LogP contribution in [0.5, 0.6) is 0 Å². The van der Waals surface area contributed by atoms with E-state index in [1.807, 2.05) is 0 Å². The molecule has 0 aromatic carbocycles. The molecular weight excluding hydrogens is 325 g/mol. The first kappa shape index (κ1) is 17.5. The lowest BCUT2D eigenvalue weighted by Crippen LogP contribution is -2.31. The summed E-state index contributed by atoms with van der Waals surface area (Å²) in [5.41, 5.74) is -1.73. The molecule has 24 heavy (non-hydrogen) atoms. The van der Waals surface area contributed by atoms with E-state index in [0.29, 0.717) is 4.90 Å². The number of allylic oxidation sites excluding steroid dienone is 1. The predicted molar refractivity (Wildman–Crippen MR) is 82.9 cm³/mol. The molecule has 1 aliphatic rings. The summed E-state index contributed by atoms with van der Waals surface area (Å²) < 4.78 is 40.1. The molecule has 6 nitrogen and oxygen atoms in total. The van der Waals surface area contributed by atoms with Gasteiger partial charge in [-0.1, -0.05) is 0 Å². The number of nitrogens with zero attached hydrogens (tertiary/aromatic N) is 4. The first-order valence-corrected chi connectivity index (χ1v) is 6.82. The Morgan fingerprint density at radius 1 is 1.29 bits per heavy atom. The highest BCUT2D eigenvalue weighted by Gasteiger charge is 2.41. The van der Waals surface area contributed by atoms with Crippen molar-refractivity contribution in [1.29, 1.82) is 0 Å². The predicted octanol–water partition coefficient (Wildman–Crippen LogP) is 2.50. The standard InChI is InChI=1S/C15H13F3N4O2/c1-19-7-9(8-20-2)10-3-4-11(14(21-10)15(16,17)18)22-12(23)5-6-13(22)24/h3-4,7-8H,1,5-6H2,2H3/b9-7+,20-8?. The number of hydrogen-bond acceptors (Lipinski definition) is 5. The van der Waals surface area contributed by atoms with E-state index >= 15 is 0 Å². The number of carbonyl (C=O) groups is 2. The summed E-state index contributed by atoms with van der Waals surface area (Å²) in [4.78, 5) is 34.8. The number of alkyl halides is 3. The van der Waals surface area contributed by atoms with Gasteiger partial charge in [0.15, 0.2) is 5.69 Å². The van der Waals surface area contributed by atoms with E-state index in [2.05, 4.69) is 21.7 Å². The molecule has 1 fully saturated rings. The van der Waals surface area contributed by atoms with E-state index in [1.165, 1.54) is 25.5 Å². The van der Waals surface area contributed by atoms with Crippen molar-refractivity contribution in [3.05, 3.63) is 29.7 Å². The van der Waals surface area contributed by atoms with Crippen LogP contribution in [0.2, 0.25) is 0 Å². The van der Waals surface area contributed by atoms with E-state index < -0.39 is 29.4 Å². The molecule has 1 aromatic rings. The van der Waals surface area contributed by atoms with E-state index in [1.54, 1.807) is 0 Å². The van der Waals surface area contributed by atoms with Crippen molar-refractivity contribution < 1.29 is 22.8 Å². The third kappa shape index (κ3) is 3.39. The highest BCUT2D eigenvalue weighted by atomic mass is 19.4. The van der Waals surface area contributed by atoms with Crippen LogP contribution < -0.4 is 4.90 Å². The first-order chi connectivity index (χ1) is 11.3. The van der Waals surface area contributed by atoms with Crippen LogP contribution in [0.4, 0.5) is 18.9 Å². The molecule has 1 saturated heterocycles. The monoisotopic (exact) mass is 338 g/mol. The number of amides is 2. The van der Waals surface area contributed by atoms with E-state index in [9.17, 15) is 22.8 Å². The Morgan fingerprint density at radius 2 is 1.92 bits per heavy atom. The maximum absolute atomic E-state index is 13.4. The fraction of sp³-hybridized carbons (Fsp3) is 0.267. The van der Waals surface area contributed by atoms with Crippen LogP contribution in [0.25, 0.3) is 5.57 Å². The van der Waals surface area contributed by atoms with E-state index in [0.717, 1.165) is 6.07 Å². The van der Waals surface area contributed by atoms with Gasteiger partial charge in [0.2, 0.25) is 11.8 Å². The Bertz CT molecular complexity index is 738. The zero-order valence-corrected chi connectivity index (χ0v) is 12.7. The second-order valence-electron chi connectivity index (χ2n) is 4.84. The van der Waals surface area contributed by atoms with Crippen molar-refractivity contribution >= 4 is 36.0 Å². The maximum atomic E-state index is 13.4. The smallest absolute Gasteiger partial charge is 0.296 e. The first-order valence-electron chi connectivity index (χ1n) is 6.82. The van der Waals surface area contributed by atoms with Crippen LogP contribution in [0.1, 0.15) is 24.2 Å². The number of imide groups is 1. The number of aromatic nitrogens is 1. The van der Waals surface area contributed by atoms with E-state index in [-0.39, 0.29) is 24.1 Å². The number of carbonyl (C=O) groups excluding carboxylic acids is 2. The highest BCUT2D eigenvalue weighted by Crippen LogP contribution is 2.37. The summed E-state index contributed by atoms with van der Waals surface area (Å²) in [6.07, 6.45) is -2.59. The molecule has 2 rings (SSSR count). The molecule has 126 valence electrons. The lowest BCUT2D eigenvalue weighted by molar-refractivity contribution is -0.140. The number of halogens is 3. The number of hydrogen-bond donors (Lipinski definition) is 0. The van der Waals surface area contributed by atoms with Crippen LogP contribution in [-0.2, 0) is 15.8 Å². The van der Waals surface area contributed by atoms with Gasteiger partial charge in [-0.2, -0.15) is 13.2 Å². The molecule has 1 aromatic heterocycles. The lowest BCUT2D eigenvalue weighted by Gasteiger charge is -2.19. The Hall–Kier alpha value is -2.84. The zero-order chi connectivity index (χ0) is 17.9. The van der Waals surface area contributed by atoms with Gasteiger partial charge < -0.3 is 0 Å². The third-order valence-corrected chi connectivity index (χ3v) is 3.23. The normalized spacial score (nSPS) is 16.3. The summed E-state index contributed by atoms with van der Waals surface area (Å²) >= 11 is 0. The molecule has 0 saturated carbocycles. The van der Waals surface area contributed by atoms with Gasteiger partial charge in [0, 0.05) is 37.9 Å². The van der Waals surface area contributed by atoms with Crippen molar-refractivity contribution in [2.45, 2.75) is 19.0 Å². The van der Waals surface area contributed by atoms with Gasteiger partial charge in [0.25, 0.3) is 0 Å². The van der Waals surface area contributed by atoms with Gasteiger partial charge in [-0.05, 0) is 18.9 Å². The number of rotatable bonds is 4. The van der Waals surface area contributed by atoms with Crippen molar-refractivity contribution in [2.24, 2.45) is 9.98 Å². The number of pyridine rings is 1. The van der Waals surface area contributed by atoms with E-state index in [4.69, 9.17) is 0 Å². The average molecular weight is 338 g/mol. The largest absolute Gasteiger partial charge is 0.435 e. The molecule has 0 spiro atoms. The molecule has 9 heteroatoms. The summed E-state index contributed by atoms with van der Waals surface area (Å²) in [5, 5.41) is 0. The lowest BCUT2D eigenvalue weighted by atomic mass is 10.1. The summed E-state index contributed by atoms with van der Waals surface area (Å²) in [7, 11) is 1.44. The van der Waals surface area contributed by atoms with Crippen LogP contribution in [0, 0.1) is 0 Å². The number of aliphatic imine (C=N–C) groups is 2.